The van der Waals surface area contributed by atoms with Crippen molar-refractivity contribution in [2.45, 2.75) is 0 Å². The first-order valence-electron chi connectivity index (χ1n) is 0.183. The van der Waals surface area contributed by atoms with Crippen LogP contribution in [0.3, 0.4) is 0 Å². The van der Waals surface area contributed by atoms with Crippen LogP contribution in [0.15, 0.2) is 0 Å². The van der Waals surface area contributed by atoms with Crippen molar-refractivity contribution in [3.8, 4) is 0 Å². The molecular weight excluding hydrogens is 146 g/mol. The molecule has 0 N–H and O–H groups in total. The van der Waals surface area contributed by atoms with E-state index in [-0.39, 0.29) is 40.3 Å². The third kappa shape index (κ3) is 10.00. The fourth-order valence-corrected chi connectivity index (χ4v) is 0. The minimum Gasteiger partial charge on any atom is -0.261 e. The van der Waals surface area contributed by atoms with Gasteiger partial charge in [-0.2, -0.15) is 0 Å². The van der Waals surface area contributed by atoms with Gasteiger partial charge in [0.15, 0.2) is 0 Å². The van der Waals surface area contributed by atoms with Gasteiger partial charge in [0, 0.05) is 40.3 Å². The van der Waals surface area contributed by atoms with Crippen molar-refractivity contribution >= 4 is 9.12 Å². The summed E-state index contributed by atoms with van der Waals surface area (Å²) in [7, 11) is 2.28. The first-order valence-corrected chi connectivity index (χ1v) is 0.548. The van der Waals surface area contributed by atoms with E-state index in [1.165, 1.54) is 0 Å². The first kappa shape index (κ1) is 18.2. The fourth-order valence-electron chi connectivity index (χ4n) is 0. The van der Waals surface area contributed by atoms with Crippen LogP contribution in [0.1, 0.15) is 0 Å². The Morgan fingerprint density at radius 3 is 1.25 bits per heavy atom. The van der Waals surface area contributed by atoms with Gasteiger partial charge in [-0.25, -0.2) is 0 Å². The van der Waals surface area contributed by atoms with Crippen LogP contribution >= 0.6 is 9.12 Å². The molecule has 4 heavy (non-hydrogen) atoms. The molecule has 0 heterocycles. The average molecular weight is 146 g/mol. The zero-order valence-corrected chi connectivity index (χ0v) is 5.66. The van der Waals surface area contributed by atoms with Gasteiger partial charge in [-0.3, -0.25) is 4.57 Å². The molecule has 0 aliphatic rings. The van der Waals surface area contributed by atoms with Gasteiger partial charge in [-0.1, -0.05) is 0 Å². The van der Waals surface area contributed by atoms with E-state index >= 15 is 0 Å². The Kier molecular flexibility index (Phi) is 118. The molecule has 0 aliphatic heterocycles. The second kappa shape index (κ2) is 26.0. The maximum atomic E-state index is 7.94. The van der Waals surface area contributed by atoms with Crippen LogP contribution in [0.2, 0.25) is 0 Å². The van der Waals surface area contributed by atoms with Crippen molar-refractivity contribution in [2.24, 2.45) is 0 Å². The topological polar surface area (TPSA) is 17.1 Å². The van der Waals surface area contributed by atoms with Gasteiger partial charge in [-0.05, 0) is 0 Å². The Morgan fingerprint density at radius 2 is 1.25 bits per heavy atom. The van der Waals surface area contributed by atoms with Crippen molar-refractivity contribution in [1.29, 1.82) is 0 Å². The summed E-state index contributed by atoms with van der Waals surface area (Å²) in [5.41, 5.74) is 0. The maximum Gasteiger partial charge on any atom is 0.261 e. The van der Waals surface area contributed by atoms with Crippen LogP contribution in [0.25, 0.3) is 0 Å². The molecule has 4 heteroatoms. The summed E-state index contributed by atoms with van der Waals surface area (Å²) in [6.07, 6.45) is 0. The minimum absolute atomic E-state index is 0. The molecule has 0 unspecified atom stereocenters. The SMILES string of the molecule is O=[P].[Ti].[V]. The van der Waals surface area contributed by atoms with Crippen molar-refractivity contribution in [3.63, 3.8) is 0 Å². The fraction of sp³-hybridized carbons (Fsp3) is 0. The Bertz CT molecular complexity index is 8.00. The molecule has 0 aromatic heterocycles. The Labute approximate surface area is 53.9 Å². The normalized spacial score (nSPS) is 1.00. The second-order valence-electron chi connectivity index (χ2n) is 0. The number of hydrogen-bond acceptors (Lipinski definition) is 1. The molecule has 2 radical (unpaired) electrons. The van der Waals surface area contributed by atoms with Crippen molar-refractivity contribution in [2.75, 3.05) is 0 Å². The van der Waals surface area contributed by atoms with Gasteiger partial charge >= 0.3 is 0 Å². The van der Waals surface area contributed by atoms with Crippen molar-refractivity contribution in [1.82, 2.24) is 0 Å². The van der Waals surface area contributed by atoms with Crippen molar-refractivity contribution in [3.05, 3.63) is 0 Å². The monoisotopic (exact) mass is 146 g/mol. The van der Waals surface area contributed by atoms with Crippen molar-refractivity contribution < 1.29 is 44.8 Å². The van der Waals surface area contributed by atoms with Gasteiger partial charge in [-0.15, -0.1) is 0 Å². The summed E-state index contributed by atoms with van der Waals surface area (Å²) in [6, 6.07) is 0. The summed E-state index contributed by atoms with van der Waals surface area (Å²) in [5.74, 6) is 0. The van der Waals surface area contributed by atoms with Crippen LogP contribution in [-0.4, -0.2) is 0 Å². The van der Waals surface area contributed by atoms with E-state index in [0.29, 0.717) is 0 Å². The Hall–Kier alpha value is 1.40. The molecule has 0 saturated carbocycles. The zero-order valence-electron chi connectivity index (χ0n) is 1.80. The summed E-state index contributed by atoms with van der Waals surface area (Å²) in [6.45, 7) is 0. The van der Waals surface area contributed by atoms with E-state index in [4.69, 9.17) is 4.57 Å². The number of hydrogen-bond donors (Lipinski definition) is 0. The predicted octanol–water partition coefficient (Wildman–Crippen LogP) is 0.737. The Morgan fingerprint density at radius 1 is 1.25 bits per heavy atom. The van der Waals surface area contributed by atoms with Crippen LogP contribution in [0.4, 0.5) is 0 Å². The molecular formula is OPTiV. The van der Waals surface area contributed by atoms with Crippen LogP contribution in [0.5, 0.6) is 0 Å². The number of rotatable bonds is 0. The van der Waals surface area contributed by atoms with Crippen LogP contribution in [0, 0.1) is 0 Å². The third-order valence-electron chi connectivity index (χ3n) is 0. The second-order valence-corrected chi connectivity index (χ2v) is 0. The summed E-state index contributed by atoms with van der Waals surface area (Å²) >= 11 is 0. The van der Waals surface area contributed by atoms with E-state index in [1.54, 1.807) is 0 Å². The average Bonchev–Trinajstić information content (AvgIpc) is 1.00. The molecule has 0 saturated heterocycles. The first-order chi connectivity index (χ1) is 1.00. The molecule has 0 rings (SSSR count). The summed E-state index contributed by atoms with van der Waals surface area (Å²) < 4.78 is 7.94. The third-order valence-corrected chi connectivity index (χ3v) is 0. The van der Waals surface area contributed by atoms with Crippen LogP contribution < -0.4 is 0 Å². The largest absolute Gasteiger partial charge is 0.261 e. The molecule has 20 valence electrons. The standard InChI is InChI=1S/OP.Ti.V/c1-2;;. The summed E-state index contributed by atoms with van der Waals surface area (Å²) in [4.78, 5) is 0. The molecule has 0 aromatic rings. The predicted molar refractivity (Wildman–Crippen MR) is 7.61 cm³/mol. The summed E-state index contributed by atoms with van der Waals surface area (Å²) in [5, 5.41) is 0. The zero-order chi connectivity index (χ0) is 2.00. The molecule has 0 aliphatic carbocycles. The molecule has 0 fully saturated rings. The van der Waals surface area contributed by atoms with E-state index in [2.05, 4.69) is 9.12 Å². The van der Waals surface area contributed by atoms with Crippen LogP contribution in [-0.2, 0) is 44.8 Å². The molecule has 0 aromatic carbocycles. The minimum atomic E-state index is 0. The maximum absolute atomic E-state index is 7.94. The Balaban J connectivity index is -0.00000000500. The molecule has 0 bridgehead atoms. The van der Waals surface area contributed by atoms with E-state index in [0.717, 1.165) is 0 Å². The molecule has 0 amide bonds. The smallest absolute Gasteiger partial charge is 0.261 e. The van der Waals surface area contributed by atoms with Gasteiger partial charge < -0.3 is 0 Å². The molecule has 1 nitrogen and oxygen atoms in total. The van der Waals surface area contributed by atoms with E-state index in [1.807, 2.05) is 0 Å². The van der Waals surface area contributed by atoms with Gasteiger partial charge in [0.05, 0.1) is 0 Å². The van der Waals surface area contributed by atoms with Gasteiger partial charge in [0.2, 0.25) is 0 Å². The molecule has 0 atom stereocenters. The molecule has 0 spiro atoms. The van der Waals surface area contributed by atoms with Gasteiger partial charge in [0.1, 0.15) is 0 Å². The van der Waals surface area contributed by atoms with E-state index < -0.39 is 0 Å². The quantitative estimate of drug-likeness (QED) is 0.363. The van der Waals surface area contributed by atoms with Gasteiger partial charge in [0.25, 0.3) is 9.12 Å². The van der Waals surface area contributed by atoms with E-state index in [9.17, 15) is 0 Å².